The van der Waals surface area contributed by atoms with Crippen molar-refractivity contribution in [2.45, 2.75) is 11.1 Å². The van der Waals surface area contributed by atoms with Crippen LogP contribution in [-0.2, 0) is 21.0 Å². The van der Waals surface area contributed by atoms with Crippen LogP contribution in [0.1, 0.15) is 5.69 Å². The van der Waals surface area contributed by atoms with Gasteiger partial charge in [-0.05, 0) is 30.3 Å². The van der Waals surface area contributed by atoms with Gasteiger partial charge in [-0.15, -0.1) is 0 Å². The van der Waals surface area contributed by atoms with Crippen LogP contribution < -0.4 is 4.90 Å². The van der Waals surface area contributed by atoms with Crippen molar-refractivity contribution in [1.29, 1.82) is 0 Å². The average molecular weight is 420 g/mol. The summed E-state index contributed by atoms with van der Waals surface area (Å²) in [6.45, 7) is -0.636. The normalized spacial score (nSPS) is 16.6. The molecule has 2 aromatic rings. The van der Waals surface area contributed by atoms with Crippen molar-refractivity contribution in [2.75, 3.05) is 24.5 Å². The number of amides is 1. The highest BCUT2D eigenvalue weighted by Gasteiger charge is 2.36. The number of anilines is 1. The molecule has 1 aromatic heterocycles. The smallest absolute Gasteiger partial charge is 0.310 e. The van der Waals surface area contributed by atoms with Gasteiger partial charge in [0.25, 0.3) is 0 Å². The number of piperazine rings is 1. The maximum Gasteiger partial charge on any atom is 0.433 e. The zero-order chi connectivity index (χ0) is 19.8. The number of hydrogen-bond donors (Lipinski definition) is 0. The molecule has 11 heteroatoms. The van der Waals surface area contributed by atoms with E-state index in [2.05, 4.69) is 4.98 Å². The molecule has 3 rings (SSSR count). The highest BCUT2D eigenvalue weighted by atomic mass is 35.5. The summed E-state index contributed by atoms with van der Waals surface area (Å²) in [5.41, 5.74) is -1.11. The quantitative estimate of drug-likeness (QED) is 0.767. The third-order valence-electron chi connectivity index (χ3n) is 3.97. The van der Waals surface area contributed by atoms with Gasteiger partial charge < -0.3 is 4.90 Å². The molecule has 1 saturated heterocycles. The molecule has 144 valence electrons. The van der Waals surface area contributed by atoms with Crippen LogP contribution >= 0.6 is 11.6 Å². The molecule has 0 unspecified atom stereocenters. The van der Waals surface area contributed by atoms with Crippen LogP contribution in [0, 0.1) is 0 Å². The molecule has 1 amide bonds. The van der Waals surface area contributed by atoms with Gasteiger partial charge in [-0.2, -0.15) is 17.5 Å². The molecule has 0 atom stereocenters. The predicted molar refractivity (Wildman–Crippen MR) is 91.8 cm³/mol. The zero-order valence-corrected chi connectivity index (χ0v) is 15.2. The number of aromatic nitrogens is 1. The van der Waals surface area contributed by atoms with E-state index in [0.29, 0.717) is 0 Å². The Bertz CT molecular complexity index is 982. The van der Waals surface area contributed by atoms with E-state index in [0.717, 1.165) is 21.5 Å². The molecule has 0 bridgehead atoms. The van der Waals surface area contributed by atoms with Crippen LogP contribution in [0.25, 0.3) is 0 Å². The van der Waals surface area contributed by atoms with E-state index in [4.69, 9.17) is 11.6 Å². The first kappa shape index (κ1) is 19.6. The summed E-state index contributed by atoms with van der Waals surface area (Å²) in [5, 5.41) is 0.234. The largest absolute Gasteiger partial charge is 0.433 e. The Labute approximate surface area is 158 Å². The maximum atomic E-state index is 12.8. The molecule has 6 nitrogen and oxygen atoms in total. The van der Waals surface area contributed by atoms with Crippen LogP contribution in [0.4, 0.5) is 18.9 Å². The molecule has 1 aromatic carbocycles. The Morgan fingerprint density at radius 1 is 1.11 bits per heavy atom. The van der Waals surface area contributed by atoms with E-state index in [9.17, 15) is 26.4 Å². The summed E-state index contributed by atoms with van der Waals surface area (Å²) in [5.74, 6) is -0.633. The first-order valence-electron chi connectivity index (χ1n) is 7.68. The van der Waals surface area contributed by atoms with Crippen molar-refractivity contribution in [3.05, 3.63) is 53.3 Å². The molecule has 1 fully saturated rings. The van der Waals surface area contributed by atoms with Gasteiger partial charge in [0, 0.05) is 30.0 Å². The Kier molecular flexibility index (Phi) is 5.15. The molecule has 0 N–H and O–H groups in total. The Morgan fingerprint density at radius 3 is 2.48 bits per heavy atom. The average Bonchev–Trinajstić information content (AvgIpc) is 2.61. The lowest BCUT2D eigenvalue weighted by molar-refractivity contribution is -0.141. The molecule has 1 aliphatic rings. The topological polar surface area (TPSA) is 70.6 Å². The van der Waals surface area contributed by atoms with E-state index in [-0.39, 0.29) is 28.7 Å². The van der Waals surface area contributed by atoms with Crippen molar-refractivity contribution in [3.63, 3.8) is 0 Å². The highest BCUT2D eigenvalue weighted by Crippen LogP contribution is 2.30. The van der Waals surface area contributed by atoms with Crippen molar-refractivity contribution in [1.82, 2.24) is 9.29 Å². The third kappa shape index (κ3) is 4.07. The monoisotopic (exact) mass is 419 g/mol. The fourth-order valence-electron chi connectivity index (χ4n) is 2.65. The molecule has 1 aliphatic heterocycles. The van der Waals surface area contributed by atoms with Crippen LogP contribution in [0.5, 0.6) is 0 Å². The van der Waals surface area contributed by atoms with E-state index < -0.39 is 34.3 Å². The second-order valence-electron chi connectivity index (χ2n) is 5.74. The number of pyridine rings is 1. The molecular weight excluding hydrogens is 407 g/mol. The molecule has 0 saturated carbocycles. The lowest BCUT2D eigenvalue weighted by Gasteiger charge is -2.33. The van der Waals surface area contributed by atoms with Gasteiger partial charge >= 0.3 is 6.18 Å². The van der Waals surface area contributed by atoms with Gasteiger partial charge in [-0.1, -0.05) is 17.7 Å². The first-order chi connectivity index (χ1) is 12.6. The first-order valence-corrected chi connectivity index (χ1v) is 9.50. The minimum absolute atomic E-state index is 0.0159. The Balaban J connectivity index is 1.81. The standard InChI is InChI=1S/C16H13ClF3N3O3S/c17-11-2-1-3-13(8-11)27(25,26)22-6-7-23(15(24)10-22)12-4-5-21-14(9-12)16(18,19)20/h1-5,8-9H,6-7,10H2. The summed E-state index contributed by atoms with van der Waals surface area (Å²) < 4.78 is 64.7. The number of sulfonamides is 1. The minimum atomic E-state index is -4.64. The van der Waals surface area contributed by atoms with Crippen LogP contribution in [0.2, 0.25) is 5.02 Å². The second-order valence-corrected chi connectivity index (χ2v) is 8.11. The molecule has 0 aliphatic carbocycles. The van der Waals surface area contributed by atoms with Gasteiger partial charge in [0.05, 0.1) is 11.4 Å². The number of benzene rings is 1. The molecule has 2 heterocycles. The van der Waals surface area contributed by atoms with Gasteiger partial charge in [0.1, 0.15) is 5.69 Å². The summed E-state index contributed by atoms with van der Waals surface area (Å²) in [6, 6.07) is 7.66. The molecular formula is C16H13ClF3N3O3S. The van der Waals surface area contributed by atoms with Gasteiger partial charge in [-0.3, -0.25) is 9.78 Å². The van der Waals surface area contributed by atoms with Gasteiger partial charge in [0.2, 0.25) is 15.9 Å². The van der Waals surface area contributed by atoms with Crippen molar-refractivity contribution in [3.8, 4) is 0 Å². The van der Waals surface area contributed by atoms with Gasteiger partial charge in [0.15, 0.2) is 0 Å². The van der Waals surface area contributed by atoms with Crippen molar-refractivity contribution in [2.24, 2.45) is 0 Å². The number of carbonyl (C=O) groups is 1. The number of nitrogens with zero attached hydrogens (tertiary/aromatic N) is 3. The minimum Gasteiger partial charge on any atom is -0.310 e. The second kappa shape index (κ2) is 7.10. The van der Waals surface area contributed by atoms with Crippen molar-refractivity contribution < 1.29 is 26.4 Å². The van der Waals surface area contributed by atoms with Crippen LogP contribution in [0.15, 0.2) is 47.5 Å². The number of rotatable bonds is 3. The molecule has 0 spiro atoms. The Morgan fingerprint density at radius 2 is 1.85 bits per heavy atom. The molecule has 27 heavy (non-hydrogen) atoms. The van der Waals surface area contributed by atoms with Crippen LogP contribution in [0.3, 0.4) is 0 Å². The maximum absolute atomic E-state index is 12.8. The fraction of sp³-hybridized carbons (Fsp3) is 0.250. The third-order valence-corrected chi connectivity index (χ3v) is 6.04. The molecule has 0 radical (unpaired) electrons. The SMILES string of the molecule is O=C1CN(S(=O)(=O)c2cccc(Cl)c2)CCN1c1ccnc(C(F)(F)F)c1. The zero-order valence-electron chi connectivity index (χ0n) is 13.6. The number of carbonyl (C=O) groups excluding carboxylic acids is 1. The number of alkyl halides is 3. The number of hydrogen-bond acceptors (Lipinski definition) is 4. The summed E-state index contributed by atoms with van der Waals surface area (Å²) in [7, 11) is -3.95. The number of halogens is 4. The summed E-state index contributed by atoms with van der Waals surface area (Å²) >= 11 is 5.82. The predicted octanol–water partition coefficient (Wildman–Crippen LogP) is 2.79. The van der Waals surface area contributed by atoms with E-state index in [1.807, 2.05) is 0 Å². The Hall–Kier alpha value is -2.17. The lowest BCUT2D eigenvalue weighted by Crippen LogP contribution is -2.52. The van der Waals surface area contributed by atoms with Gasteiger partial charge in [-0.25, -0.2) is 8.42 Å². The highest BCUT2D eigenvalue weighted by molar-refractivity contribution is 7.89. The van der Waals surface area contributed by atoms with Crippen molar-refractivity contribution >= 4 is 33.2 Å². The fourth-order valence-corrected chi connectivity index (χ4v) is 4.33. The summed E-state index contributed by atoms with van der Waals surface area (Å²) in [4.78, 5) is 16.7. The van der Waals surface area contributed by atoms with E-state index in [1.165, 1.54) is 30.3 Å². The van der Waals surface area contributed by atoms with E-state index >= 15 is 0 Å². The van der Waals surface area contributed by atoms with Crippen LogP contribution in [-0.4, -0.2) is 43.2 Å². The van der Waals surface area contributed by atoms with E-state index in [1.54, 1.807) is 0 Å². The lowest BCUT2D eigenvalue weighted by atomic mass is 10.2. The summed E-state index contributed by atoms with van der Waals surface area (Å²) in [6.07, 6.45) is -3.68.